The summed E-state index contributed by atoms with van der Waals surface area (Å²) in [5.41, 5.74) is -1.85. The lowest BCUT2D eigenvalue weighted by Gasteiger charge is -2.06. The average molecular weight is 226 g/mol. The van der Waals surface area contributed by atoms with Gasteiger partial charge >= 0.3 is 5.97 Å². The Morgan fingerprint density at radius 2 is 2.14 bits per heavy atom. The van der Waals surface area contributed by atoms with Crippen molar-refractivity contribution in [3.63, 3.8) is 0 Å². The van der Waals surface area contributed by atoms with Crippen LogP contribution >= 0.6 is 11.6 Å². The zero-order valence-electron chi connectivity index (χ0n) is 6.47. The maximum atomic E-state index is 12.5. The number of alkyl halides is 2. The number of carbonyl (C=O) groups is 1. The number of carboxylic acids is 1. The monoisotopic (exact) mass is 225 g/mol. The van der Waals surface area contributed by atoms with Crippen LogP contribution in [0.15, 0.2) is 6.07 Å². The van der Waals surface area contributed by atoms with Crippen molar-refractivity contribution in [3.05, 3.63) is 28.3 Å². The van der Waals surface area contributed by atoms with Crippen LogP contribution in [0.25, 0.3) is 0 Å². The predicted octanol–water partition coefficient (Wildman–Crippen LogP) is 2.51. The SMILES string of the molecule is O=C(O)c1cc(F)nc(Cl)c1C(F)F. The van der Waals surface area contributed by atoms with Gasteiger partial charge in [-0.15, -0.1) is 0 Å². The van der Waals surface area contributed by atoms with Crippen LogP contribution in [0, 0.1) is 5.95 Å². The molecule has 7 heteroatoms. The molecule has 14 heavy (non-hydrogen) atoms. The Kier molecular flexibility index (Phi) is 2.95. The minimum Gasteiger partial charge on any atom is -0.478 e. The molecule has 0 aliphatic heterocycles. The van der Waals surface area contributed by atoms with Crippen LogP contribution in [0.2, 0.25) is 5.15 Å². The van der Waals surface area contributed by atoms with Crippen LogP contribution in [-0.2, 0) is 0 Å². The number of hydrogen-bond donors (Lipinski definition) is 1. The first-order valence-corrected chi connectivity index (χ1v) is 3.68. The summed E-state index contributed by atoms with van der Waals surface area (Å²) in [6.45, 7) is 0. The van der Waals surface area contributed by atoms with Gasteiger partial charge in [0, 0.05) is 6.07 Å². The highest BCUT2D eigenvalue weighted by molar-refractivity contribution is 6.30. The van der Waals surface area contributed by atoms with Gasteiger partial charge in [0.25, 0.3) is 6.43 Å². The lowest BCUT2D eigenvalue weighted by Crippen LogP contribution is -2.06. The standard InChI is InChI=1S/C7H3ClF3NO2/c8-5-4(6(10)11)2(7(13)14)1-3(9)12-5/h1,6H,(H,13,14). The molecule has 0 spiro atoms. The molecule has 0 aliphatic rings. The Labute approximate surface area is 81.1 Å². The molecule has 0 unspecified atom stereocenters. The summed E-state index contributed by atoms with van der Waals surface area (Å²) < 4.78 is 37.1. The van der Waals surface area contributed by atoms with E-state index in [4.69, 9.17) is 16.7 Å². The smallest absolute Gasteiger partial charge is 0.336 e. The van der Waals surface area contributed by atoms with E-state index in [-0.39, 0.29) is 0 Å². The van der Waals surface area contributed by atoms with Gasteiger partial charge in [-0.2, -0.15) is 4.39 Å². The molecule has 0 atom stereocenters. The molecule has 0 saturated carbocycles. The van der Waals surface area contributed by atoms with Crippen molar-refractivity contribution in [2.45, 2.75) is 6.43 Å². The number of aromatic carboxylic acids is 1. The molecule has 76 valence electrons. The molecule has 1 aromatic rings. The van der Waals surface area contributed by atoms with Crippen molar-refractivity contribution in [1.29, 1.82) is 0 Å². The number of hydrogen-bond acceptors (Lipinski definition) is 2. The van der Waals surface area contributed by atoms with Crippen LogP contribution in [0.1, 0.15) is 22.3 Å². The Hall–Kier alpha value is -1.30. The number of aromatic nitrogens is 1. The normalized spacial score (nSPS) is 10.6. The molecule has 0 aromatic carbocycles. The van der Waals surface area contributed by atoms with E-state index < -0.39 is 34.6 Å². The fourth-order valence-electron chi connectivity index (χ4n) is 0.879. The highest BCUT2D eigenvalue weighted by atomic mass is 35.5. The first-order valence-electron chi connectivity index (χ1n) is 3.31. The fourth-order valence-corrected chi connectivity index (χ4v) is 1.14. The fraction of sp³-hybridized carbons (Fsp3) is 0.143. The van der Waals surface area contributed by atoms with E-state index in [1.54, 1.807) is 0 Å². The van der Waals surface area contributed by atoms with Gasteiger partial charge in [0.15, 0.2) is 0 Å². The molecule has 1 heterocycles. The maximum Gasteiger partial charge on any atom is 0.336 e. The highest BCUT2D eigenvalue weighted by Crippen LogP contribution is 2.29. The van der Waals surface area contributed by atoms with Crippen molar-refractivity contribution in [1.82, 2.24) is 4.98 Å². The van der Waals surface area contributed by atoms with Crippen molar-refractivity contribution in [3.8, 4) is 0 Å². The van der Waals surface area contributed by atoms with Gasteiger partial charge in [-0.1, -0.05) is 11.6 Å². The molecule has 1 aromatic heterocycles. The van der Waals surface area contributed by atoms with E-state index in [1.165, 1.54) is 0 Å². The summed E-state index contributed by atoms with van der Waals surface area (Å²) in [5.74, 6) is -2.89. The third-order valence-electron chi connectivity index (χ3n) is 1.43. The topological polar surface area (TPSA) is 50.2 Å². The van der Waals surface area contributed by atoms with E-state index in [2.05, 4.69) is 4.98 Å². The zero-order valence-corrected chi connectivity index (χ0v) is 7.23. The molecule has 0 radical (unpaired) electrons. The Morgan fingerprint density at radius 3 is 2.57 bits per heavy atom. The van der Waals surface area contributed by atoms with Crippen molar-refractivity contribution in [2.75, 3.05) is 0 Å². The van der Waals surface area contributed by atoms with E-state index >= 15 is 0 Å². The van der Waals surface area contributed by atoms with Gasteiger partial charge in [-0.05, 0) is 0 Å². The number of pyridine rings is 1. The summed E-state index contributed by atoms with van der Waals surface area (Å²) in [5, 5.41) is 7.64. The molecule has 0 amide bonds. The van der Waals surface area contributed by atoms with Crippen LogP contribution in [-0.4, -0.2) is 16.1 Å². The van der Waals surface area contributed by atoms with Crippen molar-refractivity contribution >= 4 is 17.6 Å². The molecular formula is C7H3ClF3NO2. The van der Waals surface area contributed by atoms with E-state index in [9.17, 15) is 18.0 Å². The molecule has 3 nitrogen and oxygen atoms in total. The molecule has 0 aliphatic carbocycles. The summed E-state index contributed by atoms with van der Waals surface area (Å²) in [7, 11) is 0. The van der Waals surface area contributed by atoms with Crippen LogP contribution in [0.4, 0.5) is 13.2 Å². The molecule has 0 saturated heterocycles. The summed E-state index contributed by atoms with van der Waals surface area (Å²) in [4.78, 5) is 13.3. The third-order valence-corrected chi connectivity index (χ3v) is 1.72. The second kappa shape index (κ2) is 3.83. The minimum absolute atomic E-state index is 0.399. The molecule has 0 fully saturated rings. The lowest BCUT2D eigenvalue weighted by molar-refractivity contribution is 0.0683. The van der Waals surface area contributed by atoms with Crippen molar-refractivity contribution < 1.29 is 23.1 Å². The second-order valence-corrected chi connectivity index (χ2v) is 2.66. The largest absolute Gasteiger partial charge is 0.478 e. The van der Waals surface area contributed by atoms with Gasteiger partial charge < -0.3 is 5.11 Å². The predicted molar refractivity (Wildman–Crippen MR) is 41.1 cm³/mol. The number of nitrogens with zero attached hydrogens (tertiary/aromatic N) is 1. The quantitative estimate of drug-likeness (QED) is 0.787. The lowest BCUT2D eigenvalue weighted by atomic mass is 10.1. The Bertz CT molecular complexity index is 383. The van der Waals surface area contributed by atoms with E-state index in [1.807, 2.05) is 0 Å². The van der Waals surface area contributed by atoms with E-state index in [0.717, 1.165) is 0 Å². The van der Waals surface area contributed by atoms with Gasteiger partial charge in [0.05, 0.1) is 11.1 Å². The van der Waals surface area contributed by atoms with Gasteiger partial charge in [0.2, 0.25) is 5.95 Å². The second-order valence-electron chi connectivity index (χ2n) is 2.30. The van der Waals surface area contributed by atoms with Gasteiger partial charge in [0.1, 0.15) is 5.15 Å². The van der Waals surface area contributed by atoms with Crippen LogP contribution in [0.3, 0.4) is 0 Å². The number of carboxylic acid groups (broad SMARTS) is 1. The highest BCUT2D eigenvalue weighted by Gasteiger charge is 2.23. The molecular weight excluding hydrogens is 223 g/mol. The molecule has 1 rings (SSSR count). The van der Waals surface area contributed by atoms with E-state index in [0.29, 0.717) is 6.07 Å². The number of rotatable bonds is 2. The zero-order chi connectivity index (χ0) is 10.9. The minimum atomic E-state index is -3.11. The Balaban J connectivity index is 3.44. The van der Waals surface area contributed by atoms with Crippen LogP contribution < -0.4 is 0 Å². The molecule has 0 bridgehead atoms. The van der Waals surface area contributed by atoms with Gasteiger partial charge in [-0.25, -0.2) is 18.6 Å². The Morgan fingerprint density at radius 1 is 1.57 bits per heavy atom. The van der Waals surface area contributed by atoms with Crippen LogP contribution in [0.5, 0.6) is 0 Å². The number of halogens is 4. The molecule has 1 N–H and O–H groups in total. The van der Waals surface area contributed by atoms with Crippen molar-refractivity contribution in [2.24, 2.45) is 0 Å². The first-order chi connectivity index (χ1) is 6.43. The summed E-state index contributed by atoms with van der Waals surface area (Å²) in [6.07, 6.45) is -3.11. The van der Waals surface area contributed by atoms with Gasteiger partial charge in [-0.3, -0.25) is 0 Å². The first kappa shape index (κ1) is 10.8. The summed E-state index contributed by atoms with van der Waals surface area (Å²) >= 11 is 5.18. The average Bonchev–Trinajstić information content (AvgIpc) is 2.01. The summed E-state index contributed by atoms with van der Waals surface area (Å²) in [6, 6.07) is 0.399. The maximum absolute atomic E-state index is 12.5. The third kappa shape index (κ3) is 1.95.